The van der Waals surface area contributed by atoms with Gasteiger partial charge in [-0.2, -0.15) is 0 Å². The van der Waals surface area contributed by atoms with Crippen molar-refractivity contribution in [2.24, 2.45) is 0 Å². The zero-order valence-corrected chi connectivity index (χ0v) is 13.0. The molecule has 0 bridgehead atoms. The maximum Gasteiger partial charge on any atom is 0.356 e. The number of nitrogens with zero attached hydrogens (tertiary/aromatic N) is 2. The summed E-state index contributed by atoms with van der Waals surface area (Å²) in [5.41, 5.74) is 1.38. The number of imidazole rings is 1. The molecule has 0 fully saturated rings. The molecule has 0 unspecified atom stereocenters. The number of rotatable bonds is 3. The highest BCUT2D eigenvalue weighted by Gasteiger charge is 2.18. The van der Waals surface area contributed by atoms with Gasteiger partial charge in [-0.25, -0.2) is 9.78 Å². The summed E-state index contributed by atoms with van der Waals surface area (Å²) >= 11 is 13.5. The second-order valence-corrected chi connectivity index (χ2v) is 5.85. The lowest BCUT2D eigenvalue weighted by molar-refractivity contribution is 0.0691. The fourth-order valence-electron chi connectivity index (χ4n) is 2.04. The van der Waals surface area contributed by atoms with E-state index in [1.165, 1.54) is 24.6 Å². The van der Waals surface area contributed by atoms with Crippen molar-refractivity contribution in [3.8, 4) is 17.0 Å². The molecule has 21 heavy (non-hydrogen) atoms. The molecule has 2 aromatic heterocycles. The molecular formula is C13H8Cl2N2O3S. The smallest absolute Gasteiger partial charge is 0.356 e. The number of carbonyl (C=O) groups is 1. The van der Waals surface area contributed by atoms with E-state index in [9.17, 15) is 4.79 Å². The van der Waals surface area contributed by atoms with E-state index >= 15 is 0 Å². The molecule has 3 rings (SSSR count). The molecule has 0 aliphatic rings. The molecule has 8 heteroatoms. The van der Waals surface area contributed by atoms with Crippen molar-refractivity contribution >= 4 is 45.5 Å². The second kappa shape index (κ2) is 5.22. The minimum absolute atomic E-state index is 0.0183. The predicted molar refractivity (Wildman–Crippen MR) is 82.0 cm³/mol. The van der Waals surface area contributed by atoms with Crippen molar-refractivity contribution in [1.29, 1.82) is 0 Å². The number of carboxylic acid groups (broad SMARTS) is 1. The number of halogens is 2. The monoisotopic (exact) mass is 342 g/mol. The summed E-state index contributed by atoms with van der Waals surface area (Å²) in [6, 6.07) is 3.31. The summed E-state index contributed by atoms with van der Waals surface area (Å²) in [7, 11) is 1.51. The maximum absolute atomic E-state index is 11.0. The van der Waals surface area contributed by atoms with Crippen LogP contribution < -0.4 is 4.74 Å². The van der Waals surface area contributed by atoms with Crippen molar-refractivity contribution < 1.29 is 14.6 Å². The molecule has 1 N–H and O–H groups in total. The van der Waals surface area contributed by atoms with Crippen LogP contribution in [0.1, 0.15) is 10.5 Å². The zero-order chi connectivity index (χ0) is 15.1. The van der Waals surface area contributed by atoms with Crippen molar-refractivity contribution in [2.45, 2.75) is 0 Å². The average Bonchev–Trinajstić information content (AvgIpc) is 2.97. The van der Waals surface area contributed by atoms with E-state index in [1.807, 2.05) is 5.38 Å². The first kappa shape index (κ1) is 14.2. The van der Waals surface area contributed by atoms with E-state index in [0.29, 0.717) is 26.3 Å². The van der Waals surface area contributed by atoms with Gasteiger partial charge in [0.1, 0.15) is 5.75 Å². The number of hydrogen-bond acceptors (Lipinski definition) is 4. The zero-order valence-electron chi connectivity index (χ0n) is 10.6. The Morgan fingerprint density at radius 1 is 1.43 bits per heavy atom. The van der Waals surface area contributed by atoms with Crippen LogP contribution in [-0.2, 0) is 0 Å². The summed E-state index contributed by atoms with van der Waals surface area (Å²) in [5, 5.41) is 11.7. The molecule has 0 saturated carbocycles. The Morgan fingerprint density at radius 3 is 2.86 bits per heavy atom. The fourth-order valence-corrected chi connectivity index (χ4v) is 3.48. The number of hydrogen-bond donors (Lipinski definition) is 1. The first-order valence-electron chi connectivity index (χ1n) is 5.74. The maximum atomic E-state index is 11.0. The Labute approximate surface area is 133 Å². The Morgan fingerprint density at radius 2 is 2.19 bits per heavy atom. The number of aromatic carboxylic acids is 1. The lowest BCUT2D eigenvalue weighted by atomic mass is 10.1. The van der Waals surface area contributed by atoms with E-state index < -0.39 is 5.97 Å². The minimum atomic E-state index is -1.08. The summed E-state index contributed by atoms with van der Waals surface area (Å²) in [6.07, 6.45) is 1.46. The van der Waals surface area contributed by atoms with Gasteiger partial charge in [0.05, 0.1) is 17.8 Å². The molecule has 0 aliphatic heterocycles. The van der Waals surface area contributed by atoms with Crippen molar-refractivity contribution in [3.05, 3.63) is 39.4 Å². The van der Waals surface area contributed by atoms with Gasteiger partial charge in [0, 0.05) is 22.2 Å². The Kier molecular flexibility index (Phi) is 3.52. The minimum Gasteiger partial charge on any atom is -0.494 e. The van der Waals surface area contributed by atoms with Crippen LogP contribution in [-0.4, -0.2) is 27.6 Å². The Hall–Kier alpha value is -1.76. The van der Waals surface area contributed by atoms with E-state index in [-0.39, 0.29) is 5.69 Å². The van der Waals surface area contributed by atoms with E-state index in [0.717, 1.165) is 5.69 Å². The summed E-state index contributed by atoms with van der Waals surface area (Å²) < 4.78 is 7.00. The van der Waals surface area contributed by atoms with Crippen LogP contribution in [0.3, 0.4) is 0 Å². The van der Waals surface area contributed by atoms with Gasteiger partial charge in [-0.1, -0.05) is 23.2 Å². The van der Waals surface area contributed by atoms with Gasteiger partial charge in [-0.3, -0.25) is 4.40 Å². The third-order valence-corrected chi connectivity index (χ3v) is 4.26. The number of fused-ring (bicyclic) bond motifs is 1. The molecule has 0 spiro atoms. The summed E-state index contributed by atoms with van der Waals surface area (Å²) in [4.78, 5) is 15.6. The van der Waals surface area contributed by atoms with Gasteiger partial charge >= 0.3 is 5.97 Å². The first-order chi connectivity index (χ1) is 10.0. The third kappa shape index (κ3) is 2.35. The molecule has 0 aliphatic carbocycles. The van der Waals surface area contributed by atoms with Gasteiger partial charge in [-0.05, 0) is 12.1 Å². The topological polar surface area (TPSA) is 63.8 Å². The number of thiazole rings is 1. The summed E-state index contributed by atoms with van der Waals surface area (Å²) in [6.45, 7) is 0. The first-order valence-corrected chi connectivity index (χ1v) is 7.38. The van der Waals surface area contributed by atoms with Gasteiger partial charge < -0.3 is 9.84 Å². The van der Waals surface area contributed by atoms with Gasteiger partial charge in [-0.15, -0.1) is 11.3 Å². The molecule has 0 radical (unpaired) electrons. The van der Waals surface area contributed by atoms with Crippen molar-refractivity contribution in [2.75, 3.05) is 7.11 Å². The second-order valence-electron chi connectivity index (χ2n) is 4.17. The fraction of sp³-hybridized carbons (Fsp3) is 0.0769. The lowest BCUT2D eigenvalue weighted by Crippen LogP contribution is -1.95. The quantitative estimate of drug-likeness (QED) is 0.778. The highest BCUT2D eigenvalue weighted by Crippen LogP contribution is 2.40. The number of aromatic nitrogens is 2. The number of ether oxygens (including phenoxy) is 1. The number of benzene rings is 1. The van der Waals surface area contributed by atoms with Crippen LogP contribution in [0.25, 0.3) is 16.2 Å². The third-order valence-electron chi connectivity index (χ3n) is 2.92. The number of carboxylic acids is 1. The van der Waals surface area contributed by atoms with Crippen LogP contribution in [0.5, 0.6) is 5.75 Å². The molecule has 2 heterocycles. The standard InChI is InChI=1S/C13H8Cl2N2O3S/c1-20-11-7(2-6(14)3-8(11)15)10-5-21-13-16-9(12(18)19)4-17(10)13/h2-5H,1H3,(H,18,19). The van der Waals surface area contributed by atoms with E-state index in [2.05, 4.69) is 4.98 Å². The highest BCUT2D eigenvalue weighted by molar-refractivity contribution is 7.15. The molecule has 3 aromatic rings. The van der Waals surface area contributed by atoms with Crippen molar-refractivity contribution in [3.63, 3.8) is 0 Å². The van der Waals surface area contributed by atoms with Gasteiger partial charge in [0.25, 0.3) is 0 Å². The Balaban J connectivity index is 2.27. The molecule has 0 amide bonds. The largest absolute Gasteiger partial charge is 0.494 e. The molecule has 1 aromatic carbocycles. The molecule has 108 valence electrons. The molecule has 0 atom stereocenters. The van der Waals surface area contributed by atoms with Crippen LogP contribution in [0, 0.1) is 0 Å². The Bertz CT molecular complexity index is 857. The SMILES string of the molecule is COc1c(Cl)cc(Cl)cc1-c1csc2nc(C(=O)O)cn12. The highest BCUT2D eigenvalue weighted by atomic mass is 35.5. The summed E-state index contributed by atoms with van der Waals surface area (Å²) in [5.74, 6) is -0.598. The van der Waals surface area contributed by atoms with Gasteiger partial charge in [0.15, 0.2) is 10.7 Å². The molecular weight excluding hydrogens is 335 g/mol. The normalized spacial score (nSPS) is 11.0. The molecule has 0 saturated heterocycles. The van der Waals surface area contributed by atoms with Crippen LogP contribution in [0.15, 0.2) is 23.7 Å². The lowest BCUT2D eigenvalue weighted by Gasteiger charge is -2.10. The van der Waals surface area contributed by atoms with Crippen molar-refractivity contribution in [1.82, 2.24) is 9.38 Å². The average molecular weight is 343 g/mol. The predicted octanol–water partition coefficient (Wildman–Crippen LogP) is 4.08. The van der Waals surface area contributed by atoms with Crippen LogP contribution >= 0.6 is 34.5 Å². The van der Waals surface area contributed by atoms with E-state index in [1.54, 1.807) is 16.5 Å². The van der Waals surface area contributed by atoms with Gasteiger partial charge in [0.2, 0.25) is 0 Å². The van der Waals surface area contributed by atoms with Crippen LogP contribution in [0.2, 0.25) is 10.0 Å². The van der Waals surface area contributed by atoms with E-state index in [4.69, 9.17) is 33.0 Å². The molecule has 5 nitrogen and oxygen atoms in total. The number of methoxy groups -OCH3 is 1. The van der Waals surface area contributed by atoms with Crippen LogP contribution in [0.4, 0.5) is 0 Å².